The van der Waals surface area contributed by atoms with Gasteiger partial charge in [-0.3, -0.25) is 9.36 Å². The van der Waals surface area contributed by atoms with Gasteiger partial charge in [-0.05, 0) is 12.1 Å². The van der Waals surface area contributed by atoms with E-state index in [1.165, 1.54) is 47.6 Å². The van der Waals surface area contributed by atoms with Crippen LogP contribution in [0.3, 0.4) is 0 Å². The van der Waals surface area contributed by atoms with Crippen molar-refractivity contribution in [3.05, 3.63) is 48.6 Å². The normalized spacial score (nSPS) is 23.5. The van der Waals surface area contributed by atoms with Gasteiger partial charge in [0.1, 0.15) is 30.2 Å². The van der Waals surface area contributed by atoms with Crippen LogP contribution < -0.4 is 11.1 Å². The molecule has 162 valence electrons. The number of carbonyl (C=O) groups excluding carboxylic acids is 1. The van der Waals surface area contributed by atoms with Crippen LogP contribution in [0, 0.1) is 0 Å². The van der Waals surface area contributed by atoms with E-state index in [0.717, 1.165) is 0 Å². The van der Waals surface area contributed by atoms with E-state index >= 15 is 0 Å². The first-order valence-corrected chi connectivity index (χ1v) is 9.29. The topological polar surface area (TPSA) is 189 Å². The van der Waals surface area contributed by atoms with Crippen LogP contribution in [0.15, 0.2) is 43.0 Å². The molecule has 0 radical (unpaired) electrons. The Kier molecular flexibility index (Phi) is 5.42. The maximum atomic E-state index is 12.1. The number of phenolic OH excluding ortho intramolecular Hbond substituents is 2. The van der Waals surface area contributed by atoms with Gasteiger partial charge < -0.3 is 36.2 Å². The number of rotatable bonds is 5. The zero-order valence-electron chi connectivity index (χ0n) is 16.0. The molecule has 12 heteroatoms. The first kappa shape index (κ1) is 20.5. The van der Waals surface area contributed by atoms with Crippen molar-refractivity contribution in [3.63, 3.8) is 0 Å². The molecule has 4 atom stereocenters. The van der Waals surface area contributed by atoms with Crippen molar-refractivity contribution in [1.82, 2.24) is 24.8 Å². The van der Waals surface area contributed by atoms with E-state index in [1.54, 1.807) is 0 Å². The molecule has 0 aliphatic carbocycles. The maximum Gasteiger partial charge on any atom is 0.255 e. The number of hydrogen-bond donors (Lipinski definition) is 6. The van der Waals surface area contributed by atoms with Gasteiger partial charge in [0.25, 0.3) is 5.91 Å². The Labute approximate surface area is 175 Å². The highest BCUT2D eigenvalue weighted by Crippen LogP contribution is 2.32. The summed E-state index contributed by atoms with van der Waals surface area (Å²) in [5, 5.41) is 42.5. The molecule has 0 saturated carbocycles. The van der Waals surface area contributed by atoms with Gasteiger partial charge in [0, 0.05) is 6.54 Å². The van der Waals surface area contributed by atoms with Gasteiger partial charge in [0.15, 0.2) is 29.2 Å². The molecule has 1 saturated heterocycles. The molecule has 7 N–H and O–H groups in total. The quantitative estimate of drug-likeness (QED) is 0.227. The monoisotopic (exact) mass is 428 g/mol. The van der Waals surface area contributed by atoms with E-state index in [1.807, 2.05) is 0 Å². The summed E-state index contributed by atoms with van der Waals surface area (Å²) in [6.45, 7) is 0.0546. The molecule has 1 amide bonds. The molecular weight excluding hydrogens is 408 g/mol. The summed E-state index contributed by atoms with van der Waals surface area (Å²) in [6.07, 6.45) is 1.38. The van der Waals surface area contributed by atoms with Crippen LogP contribution in [-0.4, -0.2) is 70.7 Å². The van der Waals surface area contributed by atoms with E-state index in [0.29, 0.717) is 11.2 Å². The van der Waals surface area contributed by atoms with Crippen molar-refractivity contribution in [2.45, 2.75) is 24.5 Å². The Balaban J connectivity index is 1.41. The summed E-state index contributed by atoms with van der Waals surface area (Å²) in [7, 11) is 0. The van der Waals surface area contributed by atoms with Crippen molar-refractivity contribution < 1.29 is 30.0 Å². The smallest absolute Gasteiger partial charge is 0.255 e. The van der Waals surface area contributed by atoms with Crippen molar-refractivity contribution in [2.24, 2.45) is 0 Å². The number of aliphatic hydroxyl groups excluding tert-OH is 2. The number of imidazole rings is 1. The Morgan fingerprint density at radius 1 is 1.23 bits per heavy atom. The standard InChI is InChI=1S/C19H20N6O6/c20-16-12-17(23-7-22-16)25(8-24-12)19-15(29)14(28)11(31-19)5-2-6-21-18(30)9-3-1-4-10(26)13(9)27/h1-5,7-8,11,14-15,19,26-29H,6H2,(H,21,30)(H2,20,22,23)/b5-2+/t11-,14?,15-,19-/m1/s1. The third-order valence-corrected chi connectivity index (χ3v) is 4.90. The van der Waals surface area contributed by atoms with E-state index < -0.39 is 41.9 Å². The number of nitrogens with two attached hydrogens (primary N) is 1. The second-order valence-electron chi connectivity index (χ2n) is 6.87. The number of anilines is 1. The number of aromatic hydroxyl groups is 2. The van der Waals surface area contributed by atoms with E-state index in [2.05, 4.69) is 20.3 Å². The Hall–Kier alpha value is -3.74. The number of benzene rings is 1. The molecule has 1 aromatic carbocycles. The van der Waals surface area contributed by atoms with Crippen LogP contribution in [0.25, 0.3) is 11.2 Å². The predicted molar refractivity (Wildman–Crippen MR) is 107 cm³/mol. The average Bonchev–Trinajstić information content (AvgIpc) is 3.30. The first-order chi connectivity index (χ1) is 14.9. The van der Waals surface area contributed by atoms with Crippen molar-refractivity contribution >= 4 is 22.9 Å². The van der Waals surface area contributed by atoms with Crippen LogP contribution in [0.2, 0.25) is 0 Å². The number of fused-ring (bicyclic) bond motifs is 1. The van der Waals surface area contributed by atoms with Gasteiger partial charge in [-0.25, -0.2) is 15.0 Å². The van der Waals surface area contributed by atoms with Crippen molar-refractivity contribution in [2.75, 3.05) is 12.3 Å². The third kappa shape index (κ3) is 3.74. The van der Waals surface area contributed by atoms with E-state index in [9.17, 15) is 25.2 Å². The lowest BCUT2D eigenvalue weighted by atomic mass is 10.1. The van der Waals surface area contributed by atoms with Gasteiger partial charge in [0.2, 0.25) is 0 Å². The minimum atomic E-state index is -1.26. The fourth-order valence-corrected chi connectivity index (χ4v) is 3.29. The number of phenols is 2. The van der Waals surface area contributed by atoms with Gasteiger partial charge >= 0.3 is 0 Å². The lowest BCUT2D eigenvalue weighted by molar-refractivity contribution is -0.0245. The van der Waals surface area contributed by atoms with Gasteiger partial charge in [-0.2, -0.15) is 0 Å². The number of aromatic nitrogens is 4. The lowest BCUT2D eigenvalue weighted by Crippen LogP contribution is -2.31. The summed E-state index contributed by atoms with van der Waals surface area (Å²) in [4.78, 5) is 24.2. The number of hydrogen-bond acceptors (Lipinski definition) is 10. The summed E-state index contributed by atoms with van der Waals surface area (Å²) in [6, 6.07) is 4.06. The molecule has 1 aliphatic rings. The highest BCUT2D eigenvalue weighted by Gasteiger charge is 2.43. The van der Waals surface area contributed by atoms with Crippen LogP contribution in [0.1, 0.15) is 16.6 Å². The molecule has 12 nitrogen and oxygen atoms in total. The average molecular weight is 428 g/mol. The summed E-state index contributed by atoms with van der Waals surface area (Å²) in [5.74, 6) is -1.32. The molecule has 2 aromatic heterocycles. The molecule has 31 heavy (non-hydrogen) atoms. The van der Waals surface area contributed by atoms with E-state index in [-0.39, 0.29) is 17.9 Å². The first-order valence-electron chi connectivity index (χ1n) is 9.29. The number of nitrogens with one attached hydrogen (secondary N) is 1. The molecule has 0 spiro atoms. The molecule has 1 fully saturated rings. The number of carbonyl (C=O) groups is 1. The molecule has 3 aromatic rings. The fraction of sp³-hybridized carbons (Fsp3) is 0.263. The Morgan fingerprint density at radius 2 is 2.03 bits per heavy atom. The van der Waals surface area contributed by atoms with Crippen LogP contribution in [0.5, 0.6) is 11.5 Å². The summed E-state index contributed by atoms with van der Waals surface area (Å²) < 4.78 is 7.21. The van der Waals surface area contributed by atoms with Gasteiger partial charge in [0.05, 0.1) is 11.9 Å². The van der Waals surface area contributed by atoms with Crippen molar-refractivity contribution in [1.29, 1.82) is 0 Å². The Bertz CT molecular complexity index is 1150. The molecular formula is C19H20N6O6. The second-order valence-corrected chi connectivity index (χ2v) is 6.87. The number of amides is 1. The number of nitrogens with zero attached hydrogens (tertiary/aromatic N) is 4. The second kappa shape index (κ2) is 8.18. The minimum absolute atomic E-state index is 0.0546. The minimum Gasteiger partial charge on any atom is -0.504 e. The summed E-state index contributed by atoms with van der Waals surface area (Å²) >= 11 is 0. The molecule has 1 aliphatic heterocycles. The van der Waals surface area contributed by atoms with E-state index in [4.69, 9.17) is 10.5 Å². The zero-order chi connectivity index (χ0) is 22.1. The summed E-state index contributed by atoms with van der Waals surface area (Å²) in [5.41, 5.74) is 6.40. The Morgan fingerprint density at radius 3 is 2.84 bits per heavy atom. The van der Waals surface area contributed by atoms with Crippen molar-refractivity contribution in [3.8, 4) is 11.5 Å². The predicted octanol–water partition coefficient (Wildman–Crippen LogP) is -0.575. The van der Waals surface area contributed by atoms with Gasteiger partial charge in [-0.1, -0.05) is 18.2 Å². The third-order valence-electron chi connectivity index (χ3n) is 4.90. The fourth-order valence-electron chi connectivity index (χ4n) is 3.29. The highest BCUT2D eigenvalue weighted by atomic mass is 16.6. The number of para-hydroxylation sites is 1. The lowest BCUT2D eigenvalue weighted by Gasteiger charge is -2.16. The van der Waals surface area contributed by atoms with Crippen LogP contribution >= 0.6 is 0 Å². The molecule has 0 bridgehead atoms. The van der Waals surface area contributed by atoms with Crippen LogP contribution in [-0.2, 0) is 4.74 Å². The van der Waals surface area contributed by atoms with Crippen LogP contribution in [0.4, 0.5) is 5.82 Å². The zero-order valence-corrected chi connectivity index (χ0v) is 16.0. The molecule has 4 rings (SSSR count). The molecule has 1 unspecified atom stereocenters. The number of aliphatic hydroxyl groups is 2. The van der Waals surface area contributed by atoms with Gasteiger partial charge in [-0.15, -0.1) is 0 Å². The highest BCUT2D eigenvalue weighted by molar-refractivity contribution is 5.97. The largest absolute Gasteiger partial charge is 0.504 e. The number of nitrogen functional groups attached to an aromatic ring is 1. The number of ether oxygens (including phenoxy) is 1. The SMILES string of the molecule is Nc1ncnc2c1ncn2[C@@H]1O[C@H](/C=C/CNC(=O)c2cccc(O)c2O)C(O)[C@H]1O. The maximum absolute atomic E-state index is 12.1. The molecule has 3 heterocycles.